The number of nitro groups is 1. The predicted molar refractivity (Wildman–Crippen MR) is 102 cm³/mol. The van der Waals surface area contributed by atoms with E-state index in [-0.39, 0.29) is 23.7 Å². The maximum Gasteiger partial charge on any atom is 0.270 e. The van der Waals surface area contributed by atoms with Gasteiger partial charge in [0, 0.05) is 35.0 Å². The Morgan fingerprint density at radius 2 is 1.92 bits per heavy atom. The third kappa shape index (κ3) is 4.79. The van der Waals surface area contributed by atoms with Crippen molar-refractivity contribution in [3.63, 3.8) is 0 Å². The minimum absolute atomic E-state index is 0.0917. The second-order valence-electron chi connectivity index (χ2n) is 5.43. The third-order valence-corrected chi connectivity index (χ3v) is 4.46. The highest BCUT2D eigenvalue weighted by Crippen LogP contribution is 2.22. The van der Waals surface area contributed by atoms with Crippen LogP contribution < -0.4 is 16.0 Å². The van der Waals surface area contributed by atoms with E-state index in [0.29, 0.717) is 11.4 Å². The molecule has 0 saturated carbocycles. The van der Waals surface area contributed by atoms with Crippen molar-refractivity contribution in [2.45, 2.75) is 6.92 Å². The molecule has 3 N–H and O–H groups in total. The lowest BCUT2D eigenvalue weighted by atomic mass is 10.1. The molecule has 0 radical (unpaired) electrons. The fraction of sp³-hybridized carbons (Fsp3) is 0.176. The predicted octanol–water partition coefficient (Wildman–Crippen LogP) is 3.08. The number of hydrogen-bond donors (Lipinski definition) is 3. The van der Waals surface area contributed by atoms with Crippen LogP contribution in [0.1, 0.15) is 15.9 Å². The summed E-state index contributed by atoms with van der Waals surface area (Å²) in [6, 6.07) is 9.25. The average Bonchev–Trinajstić information content (AvgIpc) is 2.62. The van der Waals surface area contributed by atoms with Gasteiger partial charge in [-0.2, -0.15) is 0 Å². The van der Waals surface area contributed by atoms with Crippen molar-refractivity contribution < 1.29 is 14.5 Å². The van der Waals surface area contributed by atoms with Gasteiger partial charge >= 0.3 is 0 Å². The Labute approximate surface area is 158 Å². The number of rotatable bonds is 6. The van der Waals surface area contributed by atoms with E-state index in [1.807, 2.05) is 19.1 Å². The van der Waals surface area contributed by atoms with Crippen LogP contribution in [-0.2, 0) is 4.79 Å². The minimum atomic E-state index is -0.585. The minimum Gasteiger partial charge on any atom is -0.375 e. The van der Waals surface area contributed by atoms with Crippen LogP contribution in [0.15, 0.2) is 40.9 Å². The van der Waals surface area contributed by atoms with Crippen LogP contribution in [0.25, 0.3) is 0 Å². The van der Waals surface area contributed by atoms with Gasteiger partial charge in [-0.1, -0.05) is 15.9 Å². The highest BCUT2D eigenvalue weighted by Gasteiger charge is 2.16. The van der Waals surface area contributed by atoms with Gasteiger partial charge in [-0.05, 0) is 36.8 Å². The summed E-state index contributed by atoms with van der Waals surface area (Å²) < 4.78 is 0.940. The fourth-order valence-electron chi connectivity index (χ4n) is 2.23. The molecule has 2 amide bonds. The van der Waals surface area contributed by atoms with E-state index in [4.69, 9.17) is 0 Å². The Kier molecular flexibility index (Phi) is 6.29. The summed E-state index contributed by atoms with van der Waals surface area (Å²) in [5.74, 6) is -0.798. The molecule has 9 heteroatoms. The summed E-state index contributed by atoms with van der Waals surface area (Å²) >= 11 is 3.39. The normalized spacial score (nSPS) is 10.1. The van der Waals surface area contributed by atoms with Gasteiger partial charge in [0.05, 0.1) is 17.0 Å². The molecule has 0 aliphatic rings. The maximum absolute atomic E-state index is 12.1. The van der Waals surface area contributed by atoms with Crippen LogP contribution in [0.4, 0.5) is 17.1 Å². The number of nitrogens with zero attached hydrogens (tertiary/aromatic N) is 1. The van der Waals surface area contributed by atoms with E-state index in [1.165, 1.54) is 19.2 Å². The van der Waals surface area contributed by atoms with Crippen LogP contribution in [0.2, 0.25) is 0 Å². The zero-order valence-corrected chi connectivity index (χ0v) is 15.7. The number of hydrogen-bond acceptors (Lipinski definition) is 5. The van der Waals surface area contributed by atoms with Gasteiger partial charge in [-0.15, -0.1) is 0 Å². The fourth-order valence-corrected chi connectivity index (χ4v) is 2.47. The van der Waals surface area contributed by atoms with Gasteiger partial charge in [0.15, 0.2) is 0 Å². The second-order valence-corrected chi connectivity index (χ2v) is 6.29. The van der Waals surface area contributed by atoms with Crippen molar-refractivity contribution in [1.82, 2.24) is 5.32 Å². The molecule has 0 atom stereocenters. The van der Waals surface area contributed by atoms with Gasteiger partial charge in [0.1, 0.15) is 0 Å². The summed E-state index contributed by atoms with van der Waals surface area (Å²) in [5.41, 5.74) is 1.84. The first-order valence-electron chi connectivity index (χ1n) is 7.62. The summed E-state index contributed by atoms with van der Waals surface area (Å²) in [6.07, 6.45) is 0. The van der Waals surface area contributed by atoms with Crippen LogP contribution in [0.5, 0.6) is 0 Å². The van der Waals surface area contributed by atoms with E-state index in [9.17, 15) is 19.7 Å². The molecule has 0 aliphatic heterocycles. The first-order valence-corrected chi connectivity index (χ1v) is 8.41. The van der Waals surface area contributed by atoms with Gasteiger partial charge in [0.25, 0.3) is 11.6 Å². The Balaban J connectivity index is 2.10. The van der Waals surface area contributed by atoms with Crippen molar-refractivity contribution in [2.75, 3.05) is 24.2 Å². The molecule has 2 rings (SSSR count). The average molecular weight is 421 g/mol. The van der Waals surface area contributed by atoms with Crippen molar-refractivity contribution in [1.29, 1.82) is 0 Å². The monoisotopic (exact) mass is 420 g/mol. The van der Waals surface area contributed by atoms with Crippen LogP contribution in [0, 0.1) is 17.0 Å². The molecule has 0 aromatic heterocycles. The molecule has 136 valence electrons. The van der Waals surface area contributed by atoms with E-state index in [1.54, 1.807) is 6.07 Å². The Morgan fingerprint density at radius 1 is 1.19 bits per heavy atom. The smallest absolute Gasteiger partial charge is 0.270 e. The SMILES string of the molecule is CNC(=O)c1cc([N+](=O)[O-])ccc1NCC(=O)Nc1ccc(Br)c(C)c1. The number of non-ortho nitro benzene ring substituents is 1. The van der Waals surface area contributed by atoms with E-state index in [0.717, 1.165) is 16.1 Å². The summed E-state index contributed by atoms with van der Waals surface area (Å²) in [5, 5.41) is 18.9. The maximum atomic E-state index is 12.1. The summed E-state index contributed by atoms with van der Waals surface area (Å²) in [4.78, 5) is 34.3. The molecular formula is C17H17BrN4O4. The summed E-state index contributed by atoms with van der Waals surface area (Å²) in [7, 11) is 1.42. The molecule has 0 unspecified atom stereocenters. The first kappa shape index (κ1) is 19.4. The van der Waals surface area contributed by atoms with Gasteiger partial charge in [0.2, 0.25) is 5.91 Å². The van der Waals surface area contributed by atoms with Gasteiger partial charge < -0.3 is 16.0 Å². The molecule has 0 heterocycles. The molecule has 0 saturated heterocycles. The van der Waals surface area contributed by atoms with Crippen molar-refractivity contribution in [3.8, 4) is 0 Å². The Bertz CT molecular complexity index is 870. The van der Waals surface area contributed by atoms with Crippen LogP contribution >= 0.6 is 15.9 Å². The molecule has 0 spiro atoms. The van der Waals surface area contributed by atoms with E-state index >= 15 is 0 Å². The van der Waals surface area contributed by atoms with Crippen molar-refractivity contribution >= 4 is 44.8 Å². The lowest BCUT2D eigenvalue weighted by Crippen LogP contribution is -2.24. The zero-order chi connectivity index (χ0) is 19.3. The van der Waals surface area contributed by atoms with Gasteiger partial charge in [-0.3, -0.25) is 19.7 Å². The first-order chi connectivity index (χ1) is 12.3. The Hall–Kier alpha value is -2.94. The lowest BCUT2D eigenvalue weighted by Gasteiger charge is -2.12. The number of halogens is 1. The number of aryl methyl sites for hydroxylation is 1. The number of carbonyl (C=O) groups is 2. The lowest BCUT2D eigenvalue weighted by molar-refractivity contribution is -0.384. The molecule has 0 fully saturated rings. The molecule has 0 aliphatic carbocycles. The van der Waals surface area contributed by atoms with Crippen LogP contribution in [0.3, 0.4) is 0 Å². The number of amides is 2. The number of nitro benzene ring substituents is 1. The van der Waals surface area contributed by atoms with Gasteiger partial charge in [-0.25, -0.2) is 0 Å². The second kappa shape index (κ2) is 8.43. The molecule has 8 nitrogen and oxygen atoms in total. The van der Waals surface area contributed by atoms with E-state index in [2.05, 4.69) is 31.9 Å². The molecule has 2 aromatic rings. The number of nitrogens with one attached hydrogen (secondary N) is 3. The van der Waals surface area contributed by atoms with Crippen molar-refractivity contribution in [2.24, 2.45) is 0 Å². The van der Waals surface area contributed by atoms with Crippen molar-refractivity contribution in [3.05, 3.63) is 62.1 Å². The number of carbonyl (C=O) groups excluding carboxylic acids is 2. The quantitative estimate of drug-likeness (QED) is 0.490. The molecule has 2 aromatic carbocycles. The largest absolute Gasteiger partial charge is 0.375 e. The third-order valence-electron chi connectivity index (χ3n) is 3.57. The summed E-state index contributed by atoms with van der Waals surface area (Å²) in [6.45, 7) is 1.81. The Morgan fingerprint density at radius 3 is 2.54 bits per heavy atom. The van der Waals surface area contributed by atoms with E-state index < -0.39 is 10.8 Å². The molecule has 0 bridgehead atoms. The number of benzene rings is 2. The highest BCUT2D eigenvalue weighted by atomic mass is 79.9. The molecule has 26 heavy (non-hydrogen) atoms. The van der Waals surface area contributed by atoms with Crippen LogP contribution in [-0.4, -0.2) is 30.3 Å². The highest BCUT2D eigenvalue weighted by molar-refractivity contribution is 9.10. The number of anilines is 2. The topological polar surface area (TPSA) is 113 Å². The standard InChI is InChI=1S/C17H17BrN4O4/c1-10-7-11(3-5-14(10)18)21-16(23)9-20-15-6-4-12(22(25)26)8-13(15)17(24)19-2/h3-8,20H,9H2,1-2H3,(H,19,24)(H,21,23). The zero-order valence-electron chi connectivity index (χ0n) is 14.1. The molecular weight excluding hydrogens is 404 g/mol.